The van der Waals surface area contributed by atoms with Gasteiger partial charge in [-0.15, -0.1) is 0 Å². The highest BCUT2D eigenvalue weighted by molar-refractivity contribution is 6.03. The van der Waals surface area contributed by atoms with Crippen LogP contribution < -0.4 is 5.32 Å². The number of benzene rings is 1. The van der Waals surface area contributed by atoms with Crippen molar-refractivity contribution in [2.75, 3.05) is 5.32 Å². The lowest BCUT2D eigenvalue weighted by Gasteiger charge is -2.06. The fourth-order valence-electron chi connectivity index (χ4n) is 2.12. The highest BCUT2D eigenvalue weighted by Gasteiger charge is 2.09. The molecule has 110 valence electrons. The summed E-state index contributed by atoms with van der Waals surface area (Å²) in [6.07, 6.45) is 1.60. The van der Waals surface area contributed by atoms with E-state index in [-0.39, 0.29) is 5.91 Å². The summed E-state index contributed by atoms with van der Waals surface area (Å²) >= 11 is 0. The average Bonchev–Trinajstić information content (AvgIpc) is 2.88. The summed E-state index contributed by atoms with van der Waals surface area (Å²) in [6.45, 7) is 3.95. The molecular weight excluding hydrogens is 276 g/mol. The molecule has 3 aromatic rings. The van der Waals surface area contributed by atoms with E-state index in [0.717, 1.165) is 22.8 Å². The van der Waals surface area contributed by atoms with Gasteiger partial charge in [0.1, 0.15) is 11.5 Å². The first-order chi connectivity index (χ1) is 10.6. The molecule has 0 saturated carbocycles. The van der Waals surface area contributed by atoms with Crippen LogP contribution >= 0.6 is 0 Å². The van der Waals surface area contributed by atoms with E-state index < -0.39 is 0 Å². The van der Waals surface area contributed by atoms with Gasteiger partial charge in [-0.2, -0.15) is 0 Å². The van der Waals surface area contributed by atoms with Crippen molar-refractivity contribution in [1.82, 2.24) is 15.0 Å². The molecule has 1 amide bonds. The van der Waals surface area contributed by atoms with Gasteiger partial charge in [-0.3, -0.25) is 9.78 Å². The summed E-state index contributed by atoms with van der Waals surface area (Å²) in [4.78, 5) is 23.9. The quantitative estimate of drug-likeness (QED) is 0.777. The lowest BCUT2D eigenvalue weighted by Crippen LogP contribution is -2.13. The van der Waals surface area contributed by atoms with Crippen LogP contribution in [0.4, 0.5) is 5.69 Å². The van der Waals surface area contributed by atoms with E-state index in [4.69, 9.17) is 0 Å². The van der Waals surface area contributed by atoms with Crippen LogP contribution in [0.25, 0.3) is 11.4 Å². The molecule has 3 rings (SSSR count). The number of carbonyl (C=O) groups excluding carboxylic acids is 1. The summed E-state index contributed by atoms with van der Waals surface area (Å²) in [5.41, 5.74) is 4.03. The van der Waals surface area contributed by atoms with Gasteiger partial charge >= 0.3 is 0 Å². The fourth-order valence-corrected chi connectivity index (χ4v) is 2.12. The summed E-state index contributed by atoms with van der Waals surface area (Å²) in [5.74, 6) is 0.563. The zero-order valence-corrected chi connectivity index (χ0v) is 12.4. The molecule has 0 fully saturated rings. The van der Waals surface area contributed by atoms with Crippen LogP contribution in [0.3, 0.4) is 0 Å². The van der Waals surface area contributed by atoms with Gasteiger partial charge in [0, 0.05) is 23.1 Å². The summed E-state index contributed by atoms with van der Waals surface area (Å²) in [5, 5.41) is 2.85. The molecule has 1 aromatic carbocycles. The van der Waals surface area contributed by atoms with E-state index in [0.29, 0.717) is 11.4 Å². The number of aromatic amines is 1. The van der Waals surface area contributed by atoms with Crippen molar-refractivity contribution < 1.29 is 4.79 Å². The van der Waals surface area contributed by atoms with Crippen molar-refractivity contribution in [2.45, 2.75) is 13.8 Å². The molecule has 0 spiro atoms. The fraction of sp³-hybridized carbons (Fsp3) is 0.118. The molecule has 0 saturated heterocycles. The third kappa shape index (κ3) is 2.88. The zero-order chi connectivity index (χ0) is 15.5. The molecule has 0 bridgehead atoms. The minimum atomic E-state index is -0.232. The van der Waals surface area contributed by atoms with Gasteiger partial charge in [0.15, 0.2) is 0 Å². The number of nitrogens with zero attached hydrogens (tertiary/aromatic N) is 2. The molecule has 5 heteroatoms. The topological polar surface area (TPSA) is 70.7 Å². The second-order valence-electron chi connectivity index (χ2n) is 5.05. The third-order valence-electron chi connectivity index (χ3n) is 3.42. The molecule has 5 nitrogen and oxygen atoms in total. The zero-order valence-electron chi connectivity index (χ0n) is 12.4. The number of imidazole rings is 1. The predicted octanol–water partition coefficient (Wildman–Crippen LogP) is 3.34. The Hall–Kier alpha value is -2.95. The normalized spacial score (nSPS) is 10.5. The Kier molecular flexibility index (Phi) is 3.70. The second-order valence-corrected chi connectivity index (χ2v) is 5.05. The van der Waals surface area contributed by atoms with Gasteiger partial charge in [0.25, 0.3) is 5.91 Å². The van der Waals surface area contributed by atoms with E-state index in [9.17, 15) is 4.79 Å². The Labute approximate surface area is 128 Å². The largest absolute Gasteiger partial charge is 0.342 e. The van der Waals surface area contributed by atoms with Gasteiger partial charge in [0.2, 0.25) is 0 Å². The van der Waals surface area contributed by atoms with Gasteiger partial charge in [-0.05, 0) is 38.1 Å². The minimum absolute atomic E-state index is 0.232. The lowest BCUT2D eigenvalue weighted by atomic mass is 10.2. The molecule has 0 aliphatic carbocycles. The Morgan fingerprint density at radius 3 is 2.68 bits per heavy atom. The number of H-pyrrole nitrogens is 1. The maximum absolute atomic E-state index is 12.1. The molecule has 0 aliphatic heterocycles. The van der Waals surface area contributed by atoms with Crippen molar-refractivity contribution in [3.05, 3.63) is 65.7 Å². The van der Waals surface area contributed by atoms with Gasteiger partial charge in [-0.25, -0.2) is 4.98 Å². The standard InChI is InChI=1S/C17H16N4O/c1-11-12(2)20-16(19-11)13-6-5-7-14(10-13)21-17(22)15-8-3-4-9-18-15/h3-10H,1-2H3,(H,19,20)(H,21,22). The Bertz CT molecular complexity index is 789. The number of carbonyl (C=O) groups is 1. The highest BCUT2D eigenvalue weighted by atomic mass is 16.1. The summed E-state index contributed by atoms with van der Waals surface area (Å²) < 4.78 is 0. The number of pyridine rings is 1. The number of aryl methyl sites for hydroxylation is 2. The van der Waals surface area contributed by atoms with Crippen molar-refractivity contribution in [2.24, 2.45) is 0 Å². The first-order valence-corrected chi connectivity index (χ1v) is 6.99. The number of hydrogen-bond acceptors (Lipinski definition) is 3. The molecule has 2 aromatic heterocycles. The number of hydrogen-bond donors (Lipinski definition) is 2. The van der Waals surface area contributed by atoms with E-state index in [1.807, 2.05) is 38.1 Å². The first-order valence-electron chi connectivity index (χ1n) is 6.99. The molecule has 0 aliphatic rings. The van der Waals surface area contributed by atoms with E-state index in [1.165, 1.54) is 0 Å². The number of rotatable bonds is 3. The van der Waals surface area contributed by atoms with Gasteiger partial charge in [0.05, 0.1) is 5.69 Å². The predicted molar refractivity (Wildman–Crippen MR) is 85.7 cm³/mol. The highest BCUT2D eigenvalue weighted by Crippen LogP contribution is 2.21. The molecule has 2 N–H and O–H groups in total. The van der Waals surface area contributed by atoms with Crippen molar-refractivity contribution in [3.8, 4) is 11.4 Å². The summed E-state index contributed by atoms with van der Waals surface area (Å²) in [7, 11) is 0. The summed E-state index contributed by atoms with van der Waals surface area (Å²) in [6, 6.07) is 12.8. The molecule has 22 heavy (non-hydrogen) atoms. The van der Waals surface area contributed by atoms with Crippen molar-refractivity contribution >= 4 is 11.6 Å². The molecule has 0 unspecified atom stereocenters. The van der Waals surface area contributed by atoms with Crippen LogP contribution in [0, 0.1) is 13.8 Å². The van der Waals surface area contributed by atoms with Crippen LogP contribution in [-0.2, 0) is 0 Å². The minimum Gasteiger partial charge on any atom is -0.342 e. The SMILES string of the molecule is Cc1nc(-c2cccc(NC(=O)c3ccccn3)c2)[nH]c1C. The van der Waals surface area contributed by atoms with Gasteiger partial charge < -0.3 is 10.3 Å². The van der Waals surface area contributed by atoms with Crippen molar-refractivity contribution in [1.29, 1.82) is 0 Å². The van der Waals surface area contributed by atoms with Crippen LogP contribution in [0.15, 0.2) is 48.7 Å². The van der Waals surface area contributed by atoms with E-state index in [2.05, 4.69) is 20.3 Å². The maximum Gasteiger partial charge on any atom is 0.274 e. The Morgan fingerprint density at radius 2 is 2.00 bits per heavy atom. The van der Waals surface area contributed by atoms with Crippen LogP contribution in [0.5, 0.6) is 0 Å². The second kappa shape index (κ2) is 5.81. The number of aromatic nitrogens is 3. The molecule has 0 atom stereocenters. The molecule has 0 radical (unpaired) electrons. The first kappa shape index (κ1) is 14.0. The van der Waals surface area contributed by atoms with E-state index in [1.54, 1.807) is 24.4 Å². The third-order valence-corrected chi connectivity index (χ3v) is 3.42. The number of nitrogens with one attached hydrogen (secondary N) is 2. The molecule has 2 heterocycles. The monoisotopic (exact) mass is 292 g/mol. The average molecular weight is 292 g/mol. The number of amides is 1. The van der Waals surface area contributed by atoms with Crippen LogP contribution in [0.1, 0.15) is 21.9 Å². The number of anilines is 1. The van der Waals surface area contributed by atoms with Gasteiger partial charge in [-0.1, -0.05) is 18.2 Å². The van der Waals surface area contributed by atoms with Crippen LogP contribution in [-0.4, -0.2) is 20.9 Å². The Balaban J connectivity index is 1.84. The Morgan fingerprint density at radius 1 is 1.14 bits per heavy atom. The molecular formula is C17H16N4O. The smallest absolute Gasteiger partial charge is 0.274 e. The maximum atomic E-state index is 12.1. The van der Waals surface area contributed by atoms with Crippen LogP contribution in [0.2, 0.25) is 0 Å². The van der Waals surface area contributed by atoms with Crippen molar-refractivity contribution in [3.63, 3.8) is 0 Å². The van der Waals surface area contributed by atoms with E-state index >= 15 is 0 Å². The lowest BCUT2D eigenvalue weighted by molar-refractivity contribution is 0.102.